The van der Waals surface area contributed by atoms with E-state index in [0.717, 1.165) is 5.56 Å². The third-order valence-electron chi connectivity index (χ3n) is 3.74. The highest BCUT2D eigenvalue weighted by molar-refractivity contribution is 5.69. The van der Waals surface area contributed by atoms with Crippen LogP contribution in [-0.4, -0.2) is 29.2 Å². The van der Waals surface area contributed by atoms with E-state index in [9.17, 15) is 14.3 Å². The van der Waals surface area contributed by atoms with Crippen molar-refractivity contribution in [1.82, 2.24) is 4.90 Å². The van der Waals surface area contributed by atoms with Gasteiger partial charge in [0.2, 0.25) is 0 Å². The van der Waals surface area contributed by atoms with Crippen molar-refractivity contribution in [1.29, 1.82) is 0 Å². The molecule has 22 heavy (non-hydrogen) atoms. The fourth-order valence-electron chi connectivity index (χ4n) is 2.53. The van der Waals surface area contributed by atoms with Gasteiger partial charge in [0.15, 0.2) is 0 Å². The fourth-order valence-corrected chi connectivity index (χ4v) is 2.53. The minimum Gasteiger partial charge on any atom is -0.445 e. The molecule has 1 aliphatic rings. The van der Waals surface area contributed by atoms with Crippen molar-refractivity contribution in [2.24, 2.45) is 0 Å². The van der Waals surface area contributed by atoms with Gasteiger partial charge in [-0.15, -0.1) is 0 Å². The van der Waals surface area contributed by atoms with Gasteiger partial charge in [-0.25, -0.2) is 9.18 Å². The summed E-state index contributed by atoms with van der Waals surface area (Å²) in [6, 6.07) is 15.4. The Kier molecular flexibility index (Phi) is 3.81. The van der Waals surface area contributed by atoms with Crippen LogP contribution in [0.4, 0.5) is 9.18 Å². The van der Waals surface area contributed by atoms with Crippen LogP contribution in [0.15, 0.2) is 54.6 Å². The lowest BCUT2D eigenvalue weighted by molar-refractivity contribution is -0.0968. The second-order valence-corrected chi connectivity index (χ2v) is 5.41. The number of hydrogen-bond acceptors (Lipinski definition) is 3. The smallest absolute Gasteiger partial charge is 0.410 e. The first-order valence-corrected chi connectivity index (χ1v) is 7.01. The molecule has 2 aromatic rings. The van der Waals surface area contributed by atoms with E-state index in [1.54, 1.807) is 12.1 Å². The van der Waals surface area contributed by atoms with Crippen molar-refractivity contribution in [3.63, 3.8) is 0 Å². The number of amides is 1. The molecule has 1 N–H and O–H groups in total. The van der Waals surface area contributed by atoms with Crippen LogP contribution in [-0.2, 0) is 16.9 Å². The quantitative estimate of drug-likeness (QED) is 0.948. The van der Waals surface area contributed by atoms with Crippen molar-refractivity contribution in [2.45, 2.75) is 12.2 Å². The molecule has 0 radical (unpaired) electrons. The number of likely N-dealkylation sites (tertiary alicyclic amines) is 1. The number of nitrogens with zero attached hydrogens (tertiary/aromatic N) is 1. The van der Waals surface area contributed by atoms with Gasteiger partial charge in [0.05, 0.1) is 13.1 Å². The molecule has 4 nitrogen and oxygen atoms in total. The normalized spacial score (nSPS) is 16.0. The second-order valence-electron chi connectivity index (χ2n) is 5.41. The number of rotatable bonds is 3. The Hall–Kier alpha value is -2.40. The molecular formula is C17H16FNO3. The summed E-state index contributed by atoms with van der Waals surface area (Å²) in [5.74, 6) is -0.470. The highest BCUT2D eigenvalue weighted by Crippen LogP contribution is 2.33. The maximum Gasteiger partial charge on any atom is 0.410 e. The van der Waals surface area contributed by atoms with Crippen LogP contribution in [0.1, 0.15) is 11.1 Å². The first kappa shape index (κ1) is 14.5. The standard InChI is InChI=1S/C17H16FNO3/c18-15-9-5-4-8-14(15)17(21)11-19(12-17)16(20)22-10-13-6-2-1-3-7-13/h1-9,21H,10-12H2. The molecule has 0 spiro atoms. The summed E-state index contributed by atoms with van der Waals surface area (Å²) in [5.41, 5.74) is -0.236. The Bertz CT molecular complexity index is 669. The first-order valence-electron chi connectivity index (χ1n) is 7.01. The van der Waals surface area contributed by atoms with Crippen LogP contribution in [0.25, 0.3) is 0 Å². The van der Waals surface area contributed by atoms with E-state index in [-0.39, 0.29) is 25.3 Å². The number of hydrogen-bond donors (Lipinski definition) is 1. The molecule has 0 aliphatic carbocycles. The molecule has 0 aromatic heterocycles. The van der Waals surface area contributed by atoms with Gasteiger partial charge in [-0.3, -0.25) is 0 Å². The molecule has 114 valence electrons. The summed E-state index contributed by atoms with van der Waals surface area (Å²) in [5, 5.41) is 10.4. The van der Waals surface area contributed by atoms with Gasteiger partial charge in [-0.2, -0.15) is 0 Å². The number of aliphatic hydroxyl groups is 1. The molecule has 1 amide bonds. The fraction of sp³-hybridized carbons (Fsp3) is 0.235. The van der Waals surface area contributed by atoms with E-state index < -0.39 is 17.5 Å². The van der Waals surface area contributed by atoms with Gasteiger partial charge in [0, 0.05) is 5.56 Å². The Morgan fingerprint density at radius 1 is 1.14 bits per heavy atom. The van der Waals surface area contributed by atoms with Crippen LogP contribution in [0.3, 0.4) is 0 Å². The van der Waals surface area contributed by atoms with Gasteiger partial charge >= 0.3 is 6.09 Å². The van der Waals surface area contributed by atoms with E-state index in [4.69, 9.17) is 4.74 Å². The van der Waals surface area contributed by atoms with Crippen LogP contribution in [0, 0.1) is 5.82 Å². The molecule has 0 atom stereocenters. The van der Waals surface area contributed by atoms with Crippen molar-refractivity contribution in [3.05, 3.63) is 71.5 Å². The van der Waals surface area contributed by atoms with Gasteiger partial charge in [0.1, 0.15) is 18.0 Å². The lowest BCUT2D eigenvalue weighted by Crippen LogP contribution is -2.61. The van der Waals surface area contributed by atoms with E-state index >= 15 is 0 Å². The van der Waals surface area contributed by atoms with Crippen LogP contribution in [0.2, 0.25) is 0 Å². The monoisotopic (exact) mass is 301 g/mol. The van der Waals surface area contributed by atoms with E-state index in [1.807, 2.05) is 30.3 Å². The minimum absolute atomic E-state index is 0.0293. The molecule has 1 fully saturated rings. The topological polar surface area (TPSA) is 49.8 Å². The van der Waals surface area contributed by atoms with Crippen LogP contribution < -0.4 is 0 Å². The molecule has 1 saturated heterocycles. The van der Waals surface area contributed by atoms with Gasteiger partial charge in [-0.1, -0.05) is 48.5 Å². The van der Waals surface area contributed by atoms with Gasteiger partial charge in [-0.05, 0) is 11.6 Å². The van der Waals surface area contributed by atoms with E-state index in [0.29, 0.717) is 0 Å². The van der Waals surface area contributed by atoms with Crippen LogP contribution >= 0.6 is 0 Å². The van der Waals surface area contributed by atoms with Crippen molar-refractivity contribution in [3.8, 4) is 0 Å². The lowest BCUT2D eigenvalue weighted by Gasteiger charge is -2.45. The third kappa shape index (κ3) is 2.80. The zero-order valence-corrected chi connectivity index (χ0v) is 11.9. The maximum atomic E-state index is 13.7. The number of β-amino-alcohol motifs (C(OH)–C–C–N with tert-alkyl or cyclic N) is 1. The summed E-state index contributed by atoms with van der Waals surface area (Å²) in [6.45, 7) is 0.234. The van der Waals surface area contributed by atoms with Crippen molar-refractivity contribution < 1.29 is 19.0 Å². The predicted octanol–water partition coefficient (Wildman–Crippen LogP) is 2.67. The van der Waals surface area contributed by atoms with E-state index in [2.05, 4.69) is 0 Å². The number of carbonyl (C=O) groups excluding carboxylic acids is 1. The average molecular weight is 301 g/mol. The Labute approximate surface area is 127 Å². The molecule has 1 heterocycles. The number of benzene rings is 2. The molecule has 5 heteroatoms. The maximum absolute atomic E-state index is 13.7. The molecule has 2 aromatic carbocycles. The van der Waals surface area contributed by atoms with Crippen molar-refractivity contribution in [2.75, 3.05) is 13.1 Å². The summed E-state index contributed by atoms with van der Waals surface area (Å²) >= 11 is 0. The number of halogens is 1. The van der Waals surface area contributed by atoms with Crippen LogP contribution in [0.5, 0.6) is 0 Å². The number of carbonyl (C=O) groups is 1. The summed E-state index contributed by atoms with van der Waals surface area (Å²) < 4.78 is 18.9. The zero-order valence-electron chi connectivity index (χ0n) is 11.9. The molecule has 1 aliphatic heterocycles. The summed E-state index contributed by atoms with van der Waals surface area (Å²) in [7, 11) is 0. The second kappa shape index (κ2) is 5.77. The van der Waals surface area contributed by atoms with Gasteiger partial charge < -0.3 is 14.7 Å². The van der Waals surface area contributed by atoms with Gasteiger partial charge in [0.25, 0.3) is 0 Å². The SMILES string of the molecule is O=C(OCc1ccccc1)N1CC(O)(c2ccccc2F)C1. The highest BCUT2D eigenvalue weighted by atomic mass is 19.1. The van der Waals surface area contributed by atoms with Crippen molar-refractivity contribution >= 4 is 6.09 Å². The first-order chi connectivity index (χ1) is 10.6. The molecule has 3 rings (SSSR count). The molecule has 0 bridgehead atoms. The summed E-state index contributed by atoms with van der Waals surface area (Å²) in [6.07, 6.45) is -0.509. The zero-order chi connectivity index (χ0) is 15.6. The van der Waals surface area contributed by atoms with E-state index in [1.165, 1.54) is 17.0 Å². The Morgan fingerprint density at radius 3 is 2.45 bits per heavy atom. The third-order valence-corrected chi connectivity index (χ3v) is 3.74. The average Bonchev–Trinajstić information content (AvgIpc) is 2.51. The summed E-state index contributed by atoms with van der Waals surface area (Å²) in [4.78, 5) is 13.3. The Balaban J connectivity index is 1.56. The largest absolute Gasteiger partial charge is 0.445 e. The Morgan fingerprint density at radius 2 is 1.77 bits per heavy atom. The highest BCUT2D eigenvalue weighted by Gasteiger charge is 2.47. The minimum atomic E-state index is -1.34. The molecule has 0 unspecified atom stereocenters. The molecular weight excluding hydrogens is 285 g/mol. The molecule has 0 saturated carbocycles. The number of ether oxygens (including phenoxy) is 1. The predicted molar refractivity (Wildman–Crippen MR) is 78.5 cm³/mol. The lowest BCUT2D eigenvalue weighted by atomic mass is 9.86.